The second-order valence-electron chi connectivity index (χ2n) is 6.39. The molecule has 3 rings (SSSR count). The number of nitrogens with zero attached hydrogens (tertiary/aromatic N) is 2. The largest absolute Gasteiger partial charge is 0.440 e. The average Bonchev–Trinajstić information content (AvgIpc) is 3.19. The number of piperidine rings is 1. The van der Waals surface area contributed by atoms with Gasteiger partial charge in [-0.1, -0.05) is 13.8 Å². The molecular formula is C15H26N2O2. The standard InChI is InChI=1S/C15H26N2O2/c1-3-13-15(7-9-16(4-2)10-8-15)19-14(18)17(13)11-12-5-6-12/h12-13H,3-11H2,1-2H3. The van der Waals surface area contributed by atoms with Gasteiger partial charge in [0, 0.05) is 32.5 Å². The zero-order valence-electron chi connectivity index (χ0n) is 12.2. The lowest BCUT2D eigenvalue weighted by molar-refractivity contribution is -0.0213. The zero-order valence-corrected chi connectivity index (χ0v) is 12.2. The smallest absolute Gasteiger partial charge is 0.410 e. The number of ether oxygens (including phenoxy) is 1. The minimum Gasteiger partial charge on any atom is -0.440 e. The Hall–Kier alpha value is -0.770. The molecule has 1 spiro atoms. The molecule has 2 heterocycles. The van der Waals surface area contributed by atoms with Gasteiger partial charge in [0.05, 0.1) is 6.04 Å². The van der Waals surface area contributed by atoms with Crippen LogP contribution in [0.2, 0.25) is 0 Å². The average molecular weight is 266 g/mol. The second kappa shape index (κ2) is 4.97. The Morgan fingerprint density at radius 3 is 2.47 bits per heavy atom. The molecule has 2 aliphatic heterocycles. The molecule has 1 aliphatic carbocycles. The summed E-state index contributed by atoms with van der Waals surface area (Å²) in [6.07, 6.45) is 5.56. The summed E-state index contributed by atoms with van der Waals surface area (Å²) in [6.45, 7) is 8.56. The van der Waals surface area contributed by atoms with E-state index in [0.717, 1.165) is 51.4 Å². The highest BCUT2D eigenvalue weighted by atomic mass is 16.6. The predicted octanol–water partition coefficient (Wildman–Crippen LogP) is 2.48. The minimum atomic E-state index is -0.188. The van der Waals surface area contributed by atoms with Gasteiger partial charge in [-0.15, -0.1) is 0 Å². The van der Waals surface area contributed by atoms with Crippen LogP contribution in [0, 0.1) is 5.92 Å². The second-order valence-corrected chi connectivity index (χ2v) is 6.39. The number of hydrogen-bond donors (Lipinski definition) is 0. The molecule has 1 saturated carbocycles. The fourth-order valence-corrected chi connectivity index (χ4v) is 3.77. The first-order valence-electron chi connectivity index (χ1n) is 7.90. The van der Waals surface area contributed by atoms with E-state index in [2.05, 4.69) is 18.7 Å². The number of likely N-dealkylation sites (tertiary alicyclic amines) is 1. The van der Waals surface area contributed by atoms with E-state index < -0.39 is 0 Å². The highest BCUT2D eigenvalue weighted by Crippen LogP contribution is 2.42. The van der Waals surface area contributed by atoms with Gasteiger partial charge in [-0.05, 0) is 31.7 Å². The minimum absolute atomic E-state index is 0.0521. The Morgan fingerprint density at radius 1 is 1.26 bits per heavy atom. The van der Waals surface area contributed by atoms with Crippen molar-refractivity contribution in [3.63, 3.8) is 0 Å². The molecule has 4 heteroatoms. The van der Waals surface area contributed by atoms with Crippen molar-refractivity contribution in [3.05, 3.63) is 0 Å². The summed E-state index contributed by atoms with van der Waals surface area (Å²) in [6, 6.07) is 0.305. The number of carbonyl (C=O) groups excluding carboxylic acids is 1. The van der Waals surface area contributed by atoms with Gasteiger partial charge in [0.2, 0.25) is 0 Å². The third-order valence-corrected chi connectivity index (χ3v) is 5.20. The summed E-state index contributed by atoms with van der Waals surface area (Å²) in [7, 11) is 0. The van der Waals surface area contributed by atoms with Crippen LogP contribution in [0.4, 0.5) is 4.79 Å². The molecule has 108 valence electrons. The van der Waals surface area contributed by atoms with E-state index in [1.165, 1.54) is 12.8 Å². The first-order valence-corrected chi connectivity index (χ1v) is 7.90. The summed E-state index contributed by atoms with van der Waals surface area (Å²) < 4.78 is 5.89. The molecule has 0 aromatic heterocycles. The molecule has 0 bridgehead atoms. The van der Waals surface area contributed by atoms with Gasteiger partial charge in [0.1, 0.15) is 5.60 Å². The van der Waals surface area contributed by atoms with Crippen molar-refractivity contribution in [2.45, 2.75) is 57.6 Å². The molecular weight excluding hydrogens is 240 g/mol. The fraction of sp³-hybridized carbons (Fsp3) is 0.933. The van der Waals surface area contributed by atoms with Crippen LogP contribution in [-0.4, -0.2) is 53.7 Å². The lowest BCUT2D eigenvalue weighted by Crippen LogP contribution is -2.52. The van der Waals surface area contributed by atoms with Crippen molar-refractivity contribution in [2.24, 2.45) is 5.92 Å². The lowest BCUT2D eigenvalue weighted by Gasteiger charge is -2.41. The summed E-state index contributed by atoms with van der Waals surface area (Å²) >= 11 is 0. The molecule has 2 saturated heterocycles. The molecule has 0 N–H and O–H groups in total. The zero-order chi connectivity index (χ0) is 13.5. The SMILES string of the molecule is CCC1N(CC2CC2)C(=O)OC12CCN(CC)CC2. The Kier molecular flexibility index (Phi) is 3.46. The van der Waals surface area contributed by atoms with Gasteiger partial charge < -0.3 is 14.5 Å². The van der Waals surface area contributed by atoms with E-state index in [0.29, 0.717) is 6.04 Å². The van der Waals surface area contributed by atoms with Crippen molar-refractivity contribution >= 4 is 6.09 Å². The van der Waals surface area contributed by atoms with Gasteiger partial charge in [0.15, 0.2) is 0 Å². The van der Waals surface area contributed by atoms with Gasteiger partial charge >= 0.3 is 6.09 Å². The van der Waals surface area contributed by atoms with Crippen LogP contribution in [0.15, 0.2) is 0 Å². The van der Waals surface area contributed by atoms with Crippen LogP contribution < -0.4 is 0 Å². The van der Waals surface area contributed by atoms with Gasteiger partial charge in [-0.3, -0.25) is 0 Å². The maximum absolute atomic E-state index is 12.2. The van der Waals surface area contributed by atoms with Crippen molar-refractivity contribution in [3.8, 4) is 0 Å². The number of carbonyl (C=O) groups is 1. The molecule has 3 aliphatic rings. The number of amides is 1. The summed E-state index contributed by atoms with van der Waals surface area (Å²) in [4.78, 5) is 16.7. The van der Waals surface area contributed by atoms with Crippen molar-refractivity contribution in [1.29, 1.82) is 0 Å². The van der Waals surface area contributed by atoms with Crippen molar-refractivity contribution < 1.29 is 9.53 Å². The lowest BCUT2D eigenvalue weighted by atomic mass is 9.82. The number of rotatable bonds is 4. The predicted molar refractivity (Wildman–Crippen MR) is 74.1 cm³/mol. The van der Waals surface area contributed by atoms with Crippen LogP contribution in [0.5, 0.6) is 0 Å². The first-order chi connectivity index (χ1) is 9.18. The normalized spacial score (nSPS) is 30.9. The van der Waals surface area contributed by atoms with Crippen LogP contribution in [0.25, 0.3) is 0 Å². The quantitative estimate of drug-likeness (QED) is 0.783. The van der Waals surface area contributed by atoms with Crippen molar-refractivity contribution in [1.82, 2.24) is 9.80 Å². The third-order valence-electron chi connectivity index (χ3n) is 5.20. The molecule has 19 heavy (non-hydrogen) atoms. The third kappa shape index (κ3) is 2.35. The maximum Gasteiger partial charge on any atom is 0.410 e. The Morgan fingerprint density at radius 2 is 1.95 bits per heavy atom. The Labute approximate surface area is 116 Å². The van der Waals surface area contributed by atoms with E-state index in [1.54, 1.807) is 0 Å². The van der Waals surface area contributed by atoms with E-state index in [9.17, 15) is 4.79 Å². The van der Waals surface area contributed by atoms with E-state index in [1.807, 2.05) is 4.90 Å². The van der Waals surface area contributed by atoms with Crippen LogP contribution >= 0.6 is 0 Å². The van der Waals surface area contributed by atoms with Crippen LogP contribution in [0.1, 0.15) is 46.0 Å². The molecule has 1 unspecified atom stereocenters. The highest BCUT2D eigenvalue weighted by Gasteiger charge is 2.54. The highest BCUT2D eigenvalue weighted by molar-refractivity contribution is 5.71. The first kappa shape index (κ1) is 13.2. The Balaban J connectivity index is 1.72. The molecule has 4 nitrogen and oxygen atoms in total. The molecule has 3 fully saturated rings. The maximum atomic E-state index is 12.2. The van der Waals surface area contributed by atoms with Crippen molar-refractivity contribution in [2.75, 3.05) is 26.2 Å². The molecule has 0 radical (unpaired) electrons. The molecule has 1 amide bonds. The summed E-state index contributed by atoms with van der Waals surface area (Å²) in [5.41, 5.74) is -0.188. The van der Waals surface area contributed by atoms with Gasteiger partial charge in [-0.25, -0.2) is 4.79 Å². The summed E-state index contributed by atoms with van der Waals surface area (Å²) in [5.74, 6) is 0.743. The molecule has 0 aromatic carbocycles. The van der Waals surface area contributed by atoms with E-state index in [-0.39, 0.29) is 11.7 Å². The van der Waals surface area contributed by atoms with E-state index >= 15 is 0 Å². The van der Waals surface area contributed by atoms with Gasteiger partial charge in [-0.2, -0.15) is 0 Å². The molecule has 1 atom stereocenters. The van der Waals surface area contributed by atoms with Crippen LogP contribution in [-0.2, 0) is 4.74 Å². The Bertz CT molecular complexity index is 346. The van der Waals surface area contributed by atoms with E-state index in [4.69, 9.17) is 4.74 Å². The molecule has 0 aromatic rings. The van der Waals surface area contributed by atoms with Gasteiger partial charge in [0.25, 0.3) is 0 Å². The fourth-order valence-electron chi connectivity index (χ4n) is 3.77. The van der Waals surface area contributed by atoms with Crippen LogP contribution in [0.3, 0.4) is 0 Å². The monoisotopic (exact) mass is 266 g/mol. The topological polar surface area (TPSA) is 32.8 Å². The number of hydrogen-bond acceptors (Lipinski definition) is 3. The summed E-state index contributed by atoms with van der Waals surface area (Å²) in [5, 5.41) is 0.